The van der Waals surface area contributed by atoms with Crippen LogP contribution in [0.15, 0.2) is 11.3 Å². The van der Waals surface area contributed by atoms with Crippen LogP contribution in [-0.2, 0) is 14.3 Å². The monoisotopic (exact) mass is 284 g/mol. The lowest BCUT2D eigenvalue weighted by molar-refractivity contribution is -0.132. The number of carbonyl (C=O) groups is 2. The third kappa shape index (κ3) is 6.72. The summed E-state index contributed by atoms with van der Waals surface area (Å²) in [6.45, 7) is 6.41. The van der Waals surface area contributed by atoms with Crippen LogP contribution in [0.1, 0.15) is 20.8 Å². The summed E-state index contributed by atoms with van der Waals surface area (Å²) in [5, 5.41) is 13.6. The van der Waals surface area contributed by atoms with E-state index < -0.39 is 18.2 Å². The highest BCUT2D eigenvalue weighted by Gasteiger charge is 2.15. The lowest BCUT2D eigenvalue weighted by Crippen LogP contribution is -2.37. The van der Waals surface area contributed by atoms with Gasteiger partial charge in [0.1, 0.15) is 11.6 Å². The molecule has 0 aliphatic heterocycles. The fraction of sp³-hybridized carbons (Fsp3) is 0.583. The molecule has 0 spiro atoms. The Morgan fingerprint density at radius 1 is 1.30 bits per heavy atom. The number of rotatable bonds is 8. The Hall–Kier alpha value is -2.11. The van der Waals surface area contributed by atoms with Crippen LogP contribution < -0.4 is 16.4 Å². The van der Waals surface area contributed by atoms with Gasteiger partial charge in [0.25, 0.3) is 5.91 Å². The number of primary amides is 1. The second kappa shape index (κ2) is 9.77. The summed E-state index contributed by atoms with van der Waals surface area (Å²) in [4.78, 5) is 22.1. The van der Waals surface area contributed by atoms with Crippen molar-refractivity contribution in [2.75, 3.05) is 19.8 Å². The molecule has 0 fully saturated rings. The standard InChI is InChI=1S/C12H20N4O4/c1-4-19-10(20-5-2)7-15-8(3)9(6-13)11(17)16-12(14)18/h10,15H,4-5,7H2,1-3H3,(H3,14,16,17,18)/b9-8+. The molecule has 4 N–H and O–H groups in total. The molecule has 8 nitrogen and oxygen atoms in total. The van der Waals surface area contributed by atoms with Gasteiger partial charge < -0.3 is 20.5 Å². The van der Waals surface area contributed by atoms with Crippen LogP contribution in [0.2, 0.25) is 0 Å². The van der Waals surface area contributed by atoms with Gasteiger partial charge >= 0.3 is 6.03 Å². The summed E-state index contributed by atoms with van der Waals surface area (Å²) in [5.74, 6) is -0.852. The van der Waals surface area contributed by atoms with Gasteiger partial charge in [0.15, 0.2) is 6.29 Å². The summed E-state index contributed by atoms with van der Waals surface area (Å²) < 4.78 is 10.6. The molecule has 0 radical (unpaired) electrons. The SMILES string of the molecule is CCOC(CN/C(C)=C(\C#N)C(=O)NC(N)=O)OCC. The fourth-order valence-corrected chi connectivity index (χ4v) is 1.34. The molecular weight excluding hydrogens is 264 g/mol. The second-order valence-corrected chi connectivity index (χ2v) is 3.65. The molecule has 0 unspecified atom stereocenters. The molecule has 20 heavy (non-hydrogen) atoms. The van der Waals surface area contributed by atoms with Crippen molar-refractivity contribution in [1.29, 1.82) is 5.26 Å². The maximum Gasteiger partial charge on any atom is 0.319 e. The van der Waals surface area contributed by atoms with E-state index in [4.69, 9.17) is 20.5 Å². The molecule has 0 aromatic carbocycles. The van der Waals surface area contributed by atoms with E-state index in [-0.39, 0.29) is 12.1 Å². The predicted octanol–water partition coefficient (Wildman–Crippen LogP) is -0.0324. The summed E-state index contributed by atoms with van der Waals surface area (Å²) in [6.07, 6.45) is -0.487. The Morgan fingerprint density at radius 2 is 1.85 bits per heavy atom. The molecule has 0 aromatic heterocycles. The van der Waals surface area contributed by atoms with Crippen molar-refractivity contribution in [3.63, 3.8) is 0 Å². The number of allylic oxidation sites excluding steroid dienone is 1. The topological polar surface area (TPSA) is 126 Å². The predicted molar refractivity (Wildman–Crippen MR) is 71.1 cm³/mol. The highest BCUT2D eigenvalue weighted by atomic mass is 16.7. The molecule has 112 valence electrons. The van der Waals surface area contributed by atoms with Gasteiger partial charge in [-0.2, -0.15) is 5.26 Å². The van der Waals surface area contributed by atoms with E-state index in [1.807, 2.05) is 19.2 Å². The second-order valence-electron chi connectivity index (χ2n) is 3.65. The van der Waals surface area contributed by atoms with Crippen molar-refractivity contribution in [3.05, 3.63) is 11.3 Å². The van der Waals surface area contributed by atoms with Crippen LogP contribution in [0.25, 0.3) is 0 Å². The van der Waals surface area contributed by atoms with Crippen LogP contribution in [0.3, 0.4) is 0 Å². The summed E-state index contributed by atoms with van der Waals surface area (Å²) in [6, 6.07) is 0.694. The van der Waals surface area contributed by atoms with Crippen LogP contribution in [-0.4, -0.2) is 38.0 Å². The Kier molecular flexibility index (Phi) is 8.74. The molecule has 0 aliphatic carbocycles. The van der Waals surface area contributed by atoms with Gasteiger partial charge in [-0.05, 0) is 20.8 Å². The zero-order valence-corrected chi connectivity index (χ0v) is 11.9. The van der Waals surface area contributed by atoms with Gasteiger partial charge in [-0.3, -0.25) is 10.1 Å². The number of hydrogen-bond donors (Lipinski definition) is 3. The number of urea groups is 1. The van der Waals surface area contributed by atoms with E-state index >= 15 is 0 Å². The Labute approximate surface area is 117 Å². The third-order valence-electron chi connectivity index (χ3n) is 2.19. The smallest absolute Gasteiger partial charge is 0.319 e. The molecule has 0 rings (SSSR count). The number of nitriles is 1. The lowest BCUT2D eigenvalue weighted by atomic mass is 10.2. The summed E-state index contributed by atoms with van der Waals surface area (Å²) in [7, 11) is 0. The minimum absolute atomic E-state index is 0.226. The van der Waals surface area contributed by atoms with E-state index in [0.29, 0.717) is 18.9 Å². The quantitative estimate of drug-likeness (QED) is 0.326. The number of nitrogens with two attached hydrogens (primary N) is 1. The first-order chi connectivity index (χ1) is 9.46. The maximum atomic E-state index is 11.5. The highest BCUT2D eigenvalue weighted by molar-refractivity contribution is 6.06. The average molecular weight is 284 g/mol. The maximum absolute atomic E-state index is 11.5. The third-order valence-corrected chi connectivity index (χ3v) is 2.19. The molecule has 3 amide bonds. The largest absolute Gasteiger partial charge is 0.382 e. The van der Waals surface area contributed by atoms with Crippen LogP contribution >= 0.6 is 0 Å². The Balaban J connectivity index is 4.69. The number of amides is 3. The minimum atomic E-state index is -1.02. The van der Waals surface area contributed by atoms with Crippen LogP contribution in [0, 0.1) is 11.3 Å². The van der Waals surface area contributed by atoms with E-state index in [2.05, 4.69) is 5.32 Å². The molecule has 0 atom stereocenters. The molecular formula is C12H20N4O4. The van der Waals surface area contributed by atoms with Gasteiger partial charge in [-0.15, -0.1) is 0 Å². The van der Waals surface area contributed by atoms with E-state index in [9.17, 15) is 9.59 Å². The van der Waals surface area contributed by atoms with Gasteiger partial charge in [0.05, 0.1) is 6.54 Å². The number of nitrogens with zero attached hydrogens (tertiary/aromatic N) is 1. The van der Waals surface area contributed by atoms with Crippen molar-refractivity contribution >= 4 is 11.9 Å². The zero-order chi connectivity index (χ0) is 15.5. The van der Waals surface area contributed by atoms with E-state index in [1.54, 1.807) is 6.07 Å². The van der Waals surface area contributed by atoms with Gasteiger partial charge in [0, 0.05) is 18.9 Å². The van der Waals surface area contributed by atoms with E-state index in [1.165, 1.54) is 6.92 Å². The molecule has 0 aliphatic rings. The highest BCUT2D eigenvalue weighted by Crippen LogP contribution is 2.02. The Bertz CT molecular complexity index is 408. The first-order valence-corrected chi connectivity index (χ1v) is 6.15. The number of carbonyl (C=O) groups excluding carboxylic acids is 2. The van der Waals surface area contributed by atoms with Crippen molar-refractivity contribution in [2.24, 2.45) is 5.73 Å². The first-order valence-electron chi connectivity index (χ1n) is 6.15. The van der Waals surface area contributed by atoms with Crippen molar-refractivity contribution < 1.29 is 19.1 Å². The molecule has 0 saturated heterocycles. The summed E-state index contributed by atoms with van der Waals surface area (Å²) >= 11 is 0. The number of imide groups is 1. The van der Waals surface area contributed by atoms with Crippen LogP contribution in [0.4, 0.5) is 4.79 Å². The van der Waals surface area contributed by atoms with Gasteiger partial charge in [0.2, 0.25) is 0 Å². The number of nitrogens with one attached hydrogen (secondary N) is 2. The van der Waals surface area contributed by atoms with Gasteiger partial charge in [-0.25, -0.2) is 4.79 Å². The fourth-order valence-electron chi connectivity index (χ4n) is 1.34. The van der Waals surface area contributed by atoms with E-state index in [0.717, 1.165) is 0 Å². The molecule has 0 heterocycles. The van der Waals surface area contributed by atoms with Crippen molar-refractivity contribution in [2.45, 2.75) is 27.1 Å². The molecule has 0 bridgehead atoms. The lowest BCUT2D eigenvalue weighted by Gasteiger charge is -2.18. The minimum Gasteiger partial charge on any atom is -0.382 e. The summed E-state index contributed by atoms with van der Waals surface area (Å²) in [5.41, 5.74) is 4.90. The first kappa shape index (κ1) is 17.9. The molecule has 0 saturated carbocycles. The molecule has 0 aromatic rings. The number of ether oxygens (including phenoxy) is 2. The normalized spacial score (nSPS) is 11.6. The zero-order valence-electron chi connectivity index (χ0n) is 11.9. The Morgan fingerprint density at radius 3 is 2.25 bits per heavy atom. The van der Waals surface area contributed by atoms with Crippen LogP contribution in [0.5, 0.6) is 0 Å². The van der Waals surface area contributed by atoms with Gasteiger partial charge in [-0.1, -0.05) is 0 Å². The van der Waals surface area contributed by atoms with Crippen molar-refractivity contribution in [1.82, 2.24) is 10.6 Å². The average Bonchev–Trinajstić information content (AvgIpc) is 2.36. The number of hydrogen-bond acceptors (Lipinski definition) is 6. The van der Waals surface area contributed by atoms with Crippen molar-refractivity contribution in [3.8, 4) is 6.07 Å². The molecule has 8 heteroatoms.